The molecule has 0 nitrogen and oxygen atoms in total. The molecule has 0 aromatic rings. The van der Waals surface area contributed by atoms with Crippen molar-refractivity contribution in [1.82, 2.24) is 0 Å². The third kappa shape index (κ3) is 1.09. The molecule has 7 rings (SSSR count). The lowest BCUT2D eigenvalue weighted by Gasteiger charge is -2.71. The molecule has 7 fully saturated rings. The van der Waals surface area contributed by atoms with Crippen LogP contribution in [-0.4, -0.2) is 42.7 Å². The van der Waals surface area contributed by atoms with Crippen LogP contribution in [0.3, 0.4) is 0 Å². The highest BCUT2D eigenvalue weighted by atomic mass is 30.2. The Kier molecular flexibility index (Phi) is 2.74. The lowest BCUT2D eigenvalue weighted by molar-refractivity contribution is 1.03. The van der Waals surface area contributed by atoms with Gasteiger partial charge >= 0.3 is 0 Å². The van der Waals surface area contributed by atoms with E-state index in [4.69, 9.17) is 0 Å². The van der Waals surface area contributed by atoms with Crippen LogP contribution in [0, 0.1) is 0 Å². The zero-order valence-electron chi connectivity index (χ0n) is 15.7. The van der Waals surface area contributed by atoms with Crippen molar-refractivity contribution in [3.63, 3.8) is 0 Å². The van der Waals surface area contributed by atoms with E-state index in [0.29, 0.717) is 0 Å². The van der Waals surface area contributed by atoms with Crippen LogP contribution in [0.2, 0.25) is 72.5 Å². The van der Waals surface area contributed by atoms with Gasteiger partial charge in [0.15, 0.2) is 0 Å². The minimum atomic E-state index is -0.676. The summed E-state index contributed by atoms with van der Waals surface area (Å²) in [5, 5.41) is 0. The molecule has 132 valence electrons. The molecule has 7 saturated heterocycles. The largest absolute Gasteiger partial charge is 0.0615 e. The van der Waals surface area contributed by atoms with Gasteiger partial charge in [-0.3, -0.25) is 0 Å². The van der Waals surface area contributed by atoms with Gasteiger partial charge in [0, 0.05) is 42.7 Å². The fourth-order valence-electron chi connectivity index (χ4n) is 13.4. The second kappa shape index (κ2) is 4.31. The average Bonchev–Trinajstić information content (AvgIpc) is 3.36. The summed E-state index contributed by atoms with van der Waals surface area (Å²) in [5.41, 5.74) is 0. The molecule has 0 aromatic heterocycles. The van der Waals surface area contributed by atoms with Crippen molar-refractivity contribution in [2.75, 3.05) is 0 Å². The maximum atomic E-state index is 2.01. The molecule has 0 saturated carbocycles. The molecular formula is C18H36Si6. The molecule has 6 heteroatoms. The third-order valence-electron chi connectivity index (χ3n) is 12.7. The van der Waals surface area contributed by atoms with Gasteiger partial charge in [-0.2, -0.15) is 0 Å². The number of hydrogen-bond donors (Lipinski definition) is 0. The minimum absolute atomic E-state index is 0.676. The van der Waals surface area contributed by atoms with E-state index in [1.165, 1.54) is 0 Å². The van der Waals surface area contributed by atoms with E-state index in [1.807, 2.05) is 111 Å². The number of rotatable bonds is 0. The van der Waals surface area contributed by atoms with Gasteiger partial charge in [-0.1, -0.05) is 111 Å². The topological polar surface area (TPSA) is 0 Å². The summed E-state index contributed by atoms with van der Waals surface area (Å²) in [4.78, 5) is 0. The summed E-state index contributed by atoms with van der Waals surface area (Å²) < 4.78 is 0. The second-order valence-corrected chi connectivity index (χ2v) is 74.1. The molecule has 0 aromatic carbocycles. The molecule has 0 N–H and O–H groups in total. The maximum Gasteiger partial charge on any atom is 0.0377 e. The SMILES string of the molecule is C1C[Si]23CCC[Si]24CCC[Si]42CCC[Si]24CCC[Si]42CCC[Si]32C1. The van der Waals surface area contributed by atoms with Crippen LogP contribution in [0.25, 0.3) is 0 Å². The normalized spacial score (nSPS) is 66.0. The molecule has 0 radical (unpaired) electrons. The summed E-state index contributed by atoms with van der Waals surface area (Å²) >= 11 is 0. The molecule has 0 atom stereocenters. The van der Waals surface area contributed by atoms with Gasteiger partial charge in [0.2, 0.25) is 0 Å². The lowest BCUT2D eigenvalue weighted by atomic mass is 10.5. The van der Waals surface area contributed by atoms with Crippen molar-refractivity contribution in [3.05, 3.63) is 0 Å². The van der Waals surface area contributed by atoms with Crippen molar-refractivity contribution in [1.29, 1.82) is 0 Å². The number of hydrogen-bond acceptors (Lipinski definition) is 0. The van der Waals surface area contributed by atoms with Crippen molar-refractivity contribution in [3.8, 4) is 0 Å². The molecule has 7 aliphatic rings. The summed E-state index contributed by atoms with van der Waals surface area (Å²) in [6.07, 6.45) is 11.1. The van der Waals surface area contributed by atoms with Crippen molar-refractivity contribution >= 4 is 42.7 Å². The molecule has 24 heavy (non-hydrogen) atoms. The first-order chi connectivity index (χ1) is 11.7. The van der Waals surface area contributed by atoms with Crippen molar-refractivity contribution in [2.24, 2.45) is 0 Å². The summed E-state index contributed by atoms with van der Waals surface area (Å²) in [7, 11) is -4.06. The van der Waals surface area contributed by atoms with Crippen LogP contribution in [0.15, 0.2) is 0 Å². The van der Waals surface area contributed by atoms with Crippen LogP contribution >= 0.6 is 0 Å². The van der Waals surface area contributed by atoms with Gasteiger partial charge in [0.1, 0.15) is 0 Å². The van der Waals surface area contributed by atoms with Crippen LogP contribution in [0.5, 0.6) is 0 Å². The van der Waals surface area contributed by atoms with E-state index < -0.39 is 42.7 Å². The van der Waals surface area contributed by atoms with Gasteiger partial charge < -0.3 is 0 Å². The Labute approximate surface area is 153 Å². The van der Waals surface area contributed by atoms with E-state index in [-0.39, 0.29) is 0 Å². The molecule has 0 amide bonds. The van der Waals surface area contributed by atoms with Gasteiger partial charge in [-0.05, 0) is 0 Å². The summed E-state index contributed by atoms with van der Waals surface area (Å²) in [5.74, 6) is 0. The summed E-state index contributed by atoms with van der Waals surface area (Å²) in [6, 6.07) is 24.2. The third-order valence-corrected chi connectivity index (χ3v) is 154. The molecular weight excluding hydrogens is 385 g/mol. The van der Waals surface area contributed by atoms with E-state index in [2.05, 4.69) is 0 Å². The Bertz CT molecular complexity index is 441. The smallest absolute Gasteiger partial charge is 0.0377 e. The van der Waals surface area contributed by atoms with Crippen molar-refractivity contribution in [2.45, 2.75) is 111 Å². The van der Waals surface area contributed by atoms with E-state index in [9.17, 15) is 0 Å². The first-order valence-electron chi connectivity index (χ1n) is 11.7. The fourth-order valence-corrected chi connectivity index (χ4v) is 281. The van der Waals surface area contributed by atoms with Gasteiger partial charge in [-0.15, -0.1) is 0 Å². The molecule has 7 heterocycles. The quantitative estimate of drug-likeness (QED) is 0.448. The second-order valence-electron chi connectivity index (χ2n) is 11.6. The highest BCUT2D eigenvalue weighted by Gasteiger charge is 2.92. The minimum Gasteiger partial charge on any atom is -0.0615 e. The van der Waals surface area contributed by atoms with Gasteiger partial charge in [0.05, 0.1) is 0 Å². The van der Waals surface area contributed by atoms with Gasteiger partial charge in [0.25, 0.3) is 0 Å². The predicted molar refractivity (Wildman–Crippen MR) is 120 cm³/mol. The maximum absolute atomic E-state index is 2.01. The Balaban J connectivity index is 1.64. The Morgan fingerprint density at radius 1 is 0.208 bits per heavy atom. The Hall–Kier alpha value is 1.30. The van der Waals surface area contributed by atoms with Crippen LogP contribution in [0.4, 0.5) is 0 Å². The highest BCUT2D eigenvalue weighted by Crippen LogP contribution is 2.77. The van der Waals surface area contributed by atoms with Gasteiger partial charge in [-0.25, -0.2) is 0 Å². The summed E-state index contributed by atoms with van der Waals surface area (Å²) in [6.45, 7) is 0. The first-order valence-corrected chi connectivity index (χ1v) is 32.2. The molecule has 0 aliphatic carbocycles. The zero-order valence-corrected chi connectivity index (χ0v) is 21.7. The average molecular weight is 421 g/mol. The predicted octanol–water partition coefficient (Wildman–Crippen LogP) is 5.59. The highest BCUT2D eigenvalue weighted by molar-refractivity contribution is 8.15. The van der Waals surface area contributed by atoms with Crippen LogP contribution in [-0.2, 0) is 0 Å². The fraction of sp³-hybridized carbons (Fsp3) is 1.00. The zero-order chi connectivity index (χ0) is 15.7. The van der Waals surface area contributed by atoms with E-state index in [1.54, 1.807) is 0 Å². The Morgan fingerprint density at radius 3 is 0.458 bits per heavy atom. The molecule has 6 spiro atoms. The van der Waals surface area contributed by atoms with Crippen LogP contribution in [0.1, 0.15) is 38.5 Å². The van der Waals surface area contributed by atoms with E-state index in [0.717, 1.165) is 0 Å². The van der Waals surface area contributed by atoms with E-state index >= 15 is 0 Å². The molecule has 0 bridgehead atoms. The first kappa shape index (κ1) is 15.3. The van der Waals surface area contributed by atoms with Crippen molar-refractivity contribution < 1.29 is 0 Å². The van der Waals surface area contributed by atoms with Crippen LogP contribution < -0.4 is 0 Å². The monoisotopic (exact) mass is 420 g/mol. The molecule has 0 unspecified atom stereocenters. The molecule has 7 aliphatic heterocycles. The lowest BCUT2D eigenvalue weighted by Crippen LogP contribution is -3.00. The Morgan fingerprint density at radius 2 is 0.333 bits per heavy atom. The standard InChI is InChI=1S/C18H36Si6/c1-7-19-9-2-11-21(19)13-4-15-23(21)17-6-18-24(23)16-5-14-22(24)12-3-10-20(19,22)8-1/h1-18H2.